The van der Waals surface area contributed by atoms with E-state index in [0.29, 0.717) is 5.75 Å². The van der Waals surface area contributed by atoms with Gasteiger partial charge in [0.05, 0.1) is 6.61 Å². The number of hydrogen-bond donors (Lipinski definition) is 0. The molecule has 164 valence electrons. The van der Waals surface area contributed by atoms with Crippen LogP contribution in [0.15, 0.2) is 30.3 Å². The molecule has 0 N–H and O–H groups in total. The molecule has 2 aliphatic heterocycles. The van der Waals surface area contributed by atoms with Gasteiger partial charge in [0.25, 0.3) is 5.24 Å². The predicted octanol–water partition coefficient (Wildman–Crippen LogP) is 3.73. The fourth-order valence-electron chi connectivity index (χ4n) is 4.22. The molecule has 30 heavy (non-hydrogen) atoms. The van der Waals surface area contributed by atoms with Crippen molar-refractivity contribution in [3.05, 3.63) is 35.9 Å². The molecular formula is C21H31N3O4PS+. The summed E-state index contributed by atoms with van der Waals surface area (Å²) in [5, 5.41) is -0.242. The molecule has 9 heteroatoms. The molecule has 7 nitrogen and oxygen atoms in total. The summed E-state index contributed by atoms with van der Waals surface area (Å²) in [5.74, 6) is 0.0315. The van der Waals surface area contributed by atoms with Gasteiger partial charge in [-0.25, -0.2) is 14.7 Å². The van der Waals surface area contributed by atoms with Gasteiger partial charge >= 0.3 is 20.0 Å². The maximum atomic E-state index is 13.5. The van der Waals surface area contributed by atoms with Gasteiger partial charge in [0, 0.05) is 31.9 Å². The van der Waals surface area contributed by atoms with Gasteiger partial charge < -0.3 is 4.74 Å². The van der Waals surface area contributed by atoms with Gasteiger partial charge in [-0.3, -0.25) is 9.59 Å². The molecule has 0 bridgehead atoms. The zero-order valence-electron chi connectivity index (χ0n) is 17.5. The van der Waals surface area contributed by atoms with Crippen LogP contribution in [0.5, 0.6) is 0 Å². The van der Waals surface area contributed by atoms with Gasteiger partial charge in [-0.05, 0) is 38.2 Å². The van der Waals surface area contributed by atoms with Crippen molar-refractivity contribution < 1.29 is 18.9 Å². The van der Waals surface area contributed by atoms with Gasteiger partial charge in [-0.1, -0.05) is 46.7 Å². The van der Waals surface area contributed by atoms with E-state index in [9.17, 15) is 14.2 Å². The first kappa shape index (κ1) is 23.2. The van der Waals surface area contributed by atoms with Crippen molar-refractivity contribution in [3.63, 3.8) is 0 Å². The third-order valence-electron chi connectivity index (χ3n) is 5.63. The van der Waals surface area contributed by atoms with Crippen molar-refractivity contribution in [3.8, 4) is 0 Å². The number of hydrogen-bond acceptors (Lipinski definition) is 7. The summed E-state index contributed by atoms with van der Waals surface area (Å²) in [6, 6.07) is 9.76. The Morgan fingerprint density at radius 2 is 1.63 bits per heavy atom. The summed E-state index contributed by atoms with van der Waals surface area (Å²) in [6.45, 7) is 4.86. The monoisotopic (exact) mass is 452 g/mol. The molecule has 2 aliphatic rings. The van der Waals surface area contributed by atoms with Crippen LogP contribution in [0.3, 0.4) is 0 Å². The van der Waals surface area contributed by atoms with Crippen LogP contribution < -0.4 is 0 Å². The lowest BCUT2D eigenvalue weighted by molar-refractivity contribution is -0.148. The number of benzene rings is 1. The lowest BCUT2D eigenvalue weighted by Gasteiger charge is -2.43. The largest absolute Gasteiger partial charge is 0.465 e. The van der Waals surface area contributed by atoms with Crippen molar-refractivity contribution in [2.24, 2.45) is 0 Å². The number of amides is 1. The molecule has 1 aromatic carbocycles. The van der Waals surface area contributed by atoms with E-state index in [1.807, 2.05) is 30.3 Å². The lowest BCUT2D eigenvalue weighted by Crippen LogP contribution is -2.67. The highest BCUT2D eigenvalue weighted by Crippen LogP contribution is 2.41. The van der Waals surface area contributed by atoms with Crippen LogP contribution in [0.1, 0.15) is 38.2 Å². The molecule has 1 aromatic rings. The van der Waals surface area contributed by atoms with E-state index >= 15 is 0 Å². The zero-order valence-corrected chi connectivity index (χ0v) is 19.4. The second-order valence-electron chi connectivity index (χ2n) is 7.56. The Labute approximate surface area is 184 Å². The van der Waals surface area contributed by atoms with Crippen molar-refractivity contribution in [1.82, 2.24) is 14.7 Å². The number of ether oxygens (including phenoxy) is 1. The molecule has 0 aromatic heterocycles. The van der Waals surface area contributed by atoms with Crippen LogP contribution in [0.25, 0.3) is 0 Å². The van der Waals surface area contributed by atoms with Gasteiger partial charge in [-0.15, -0.1) is 0 Å². The molecule has 2 fully saturated rings. The van der Waals surface area contributed by atoms with Gasteiger partial charge in [0.15, 0.2) is 0 Å². The fraction of sp³-hybridized carbons (Fsp3) is 0.619. The van der Waals surface area contributed by atoms with E-state index in [4.69, 9.17) is 4.74 Å². The molecular weight excluding hydrogens is 421 g/mol. The van der Waals surface area contributed by atoms with E-state index in [1.54, 1.807) is 6.92 Å². The molecule has 0 radical (unpaired) electrons. The van der Waals surface area contributed by atoms with Gasteiger partial charge in [-0.2, -0.15) is 0 Å². The van der Waals surface area contributed by atoms with E-state index in [-0.39, 0.29) is 18.4 Å². The molecule has 0 aliphatic carbocycles. The normalized spacial score (nSPS) is 18.0. The first-order valence-corrected chi connectivity index (χ1v) is 12.5. The summed E-state index contributed by atoms with van der Waals surface area (Å²) in [4.78, 5) is 31.7. The fourth-order valence-corrected chi connectivity index (χ4v) is 6.13. The number of carbonyl (C=O) groups is 2. The van der Waals surface area contributed by atoms with Crippen LogP contribution in [0, 0.1) is 0 Å². The lowest BCUT2D eigenvalue weighted by atomic mass is 10.2. The number of carbonyl (C=O) groups excluding carboxylic acids is 2. The molecule has 0 saturated carbocycles. The smallest absolute Gasteiger partial charge is 0.387 e. The number of esters is 1. The average molecular weight is 453 g/mol. The molecule has 1 amide bonds. The standard InChI is InChI=1S/C21H30N3O4PS/c1-2-28-19(25)16-24(20(26)30-17-18-10-4-3-5-11-18)21(29-27,22-12-6-7-13-22)23-14-8-9-15-23/h3-5,10-11H,2,6-9,12-17H2,1H3/p+1. The molecule has 0 spiro atoms. The maximum Gasteiger partial charge on any atom is 0.387 e. The Balaban J connectivity index is 1.90. The molecule has 3 rings (SSSR count). The zero-order chi connectivity index (χ0) is 21.4. The minimum absolute atomic E-state index is 0.198. The Kier molecular flexibility index (Phi) is 8.69. The molecule has 2 saturated heterocycles. The third-order valence-corrected chi connectivity index (χ3v) is 7.75. The number of nitrogens with zero attached hydrogens (tertiary/aromatic N) is 3. The summed E-state index contributed by atoms with van der Waals surface area (Å²) in [6.07, 6.45) is 3.99. The van der Waals surface area contributed by atoms with E-state index in [1.165, 1.54) is 4.90 Å². The van der Waals surface area contributed by atoms with Crippen molar-refractivity contribution >= 4 is 31.4 Å². The predicted molar refractivity (Wildman–Crippen MR) is 120 cm³/mol. The molecule has 2 heterocycles. The first-order valence-electron chi connectivity index (χ1n) is 10.6. The molecule has 1 atom stereocenters. The average Bonchev–Trinajstić information content (AvgIpc) is 3.48. The van der Waals surface area contributed by atoms with Crippen molar-refractivity contribution in [2.75, 3.05) is 39.3 Å². The maximum absolute atomic E-state index is 13.5. The minimum atomic E-state index is -1.08. The summed E-state index contributed by atoms with van der Waals surface area (Å²) >= 11 is 1.15. The highest BCUT2D eigenvalue weighted by molar-refractivity contribution is 8.12. The number of likely N-dealkylation sites (tertiary alicyclic amines) is 2. The Hall–Kier alpha value is -1.47. The SMILES string of the molecule is CCOC(=O)CN(C(=O)SCc1ccccc1)C([PH+]=O)(N1CCCC1)N1CCCC1. The third kappa shape index (κ3) is 5.22. The molecule has 1 unspecified atom stereocenters. The van der Waals surface area contributed by atoms with E-state index in [2.05, 4.69) is 9.80 Å². The summed E-state index contributed by atoms with van der Waals surface area (Å²) in [7, 11) is -0.781. The van der Waals surface area contributed by atoms with Crippen LogP contribution in [-0.2, 0) is 19.8 Å². The quantitative estimate of drug-likeness (QED) is 0.418. The minimum Gasteiger partial charge on any atom is -0.465 e. The highest BCUT2D eigenvalue weighted by atomic mass is 32.2. The summed E-state index contributed by atoms with van der Waals surface area (Å²) in [5.41, 5.74) is -0.0509. The summed E-state index contributed by atoms with van der Waals surface area (Å²) < 4.78 is 18.0. The Morgan fingerprint density at radius 1 is 1.07 bits per heavy atom. The van der Waals surface area contributed by atoms with Crippen molar-refractivity contribution in [1.29, 1.82) is 0 Å². The van der Waals surface area contributed by atoms with Crippen LogP contribution in [0.2, 0.25) is 0 Å². The van der Waals surface area contributed by atoms with Gasteiger partial charge in [0.1, 0.15) is 6.54 Å². The second kappa shape index (κ2) is 11.2. The van der Waals surface area contributed by atoms with Gasteiger partial charge in [0.2, 0.25) is 0 Å². The van der Waals surface area contributed by atoms with Crippen LogP contribution in [0.4, 0.5) is 4.79 Å². The number of rotatable bonds is 9. The van der Waals surface area contributed by atoms with E-state index in [0.717, 1.165) is 69.2 Å². The Morgan fingerprint density at radius 3 is 2.13 bits per heavy atom. The van der Waals surface area contributed by atoms with Crippen LogP contribution >= 0.6 is 20.2 Å². The van der Waals surface area contributed by atoms with E-state index < -0.39 is 20.0 Å². The Bertz CT molecular complexity index is 708. The number of thioether (sulfide) groups is 1. The van der Waals surface area contributed by atoms with Crippen LogP contribution in [-0.4, -0.2) is 70.8 Å². The second-order valence-corrected chi connectivity index (χ2v) is 9.36. The first-order chi connectivity index (χ1) is 14.6. The topological polar surface area (TPSA) is 70.2 Å². The highest BCUT2D eigenvalue weighted by Gasteiger charge is 2.59. The van der Waals surface area contributed by atoms with Crippen molar-refractivity contribution in [2.45, 2.75) is 43.9 Å².